The van der Waals surface area contributed by atoms with Crippen molar-refractivity contribution in [3.8, 4) is 33.4 Å². The second kappa shape index (κ2) is 10.9. The van der Waals surface area contributed by atoms with Crippen molar-refractivity contribution >= 4 is 49.4 Å². The van der Waals surface area contributed by atoms with Gasteiger partial charge in [-0.15, -0.1) is 0 Å². The third-order valence-electron chi connectivity index (χ3n) is 8.66. The molecule has 0 bridgehead atoms. The molecule has 0 saturated heterocycles. The summed E-state index contributed by atoms with van der Waals surface area (Å²) in [4.78, 5) is 0. The first-order valence-corrected chi connectivity index (χ1v) is 15.0. The number of fused-ring (bicyclic) bond motifs is 3. The average Bonchev–Trinajstić information content (AvgIpc) is 3.08. The van der Waals surface area contributed by atoms with Crippen molar-refractivity contribution in [1.82, 2.24) is 0 Å². The van der Waals surface area contributed by atoms with Gasteiger partial charge in [0.1, 0.15) is 5.69 Å². The molecule has 0 fully saturated rings. The maximum atomic E-state index is 4.15. The average molecular weight is 564 g/mol. The fourth-order valence-electron chi connectivity index (χ4n) is 6.47. The minimum Gasteiger partial charge on any atom is -0.351 e. The molecule has 208 valence electrons. The maximum absolute atomic E-state index is 4.15. The zero-order valence-corrected chi connectivity index (χ0v) is 24.3. The summed E-state index contributed by atoms with van der Waals surface area (Å²) in [6, 6.07) is 58.8. The summed E-state index contributed by atoms with van der Waals surface area (Å²) in [5.41, 5.74) is 14.6. The quantitative estimate of drug-likeness (QED) is 0.201. The minimum atomic E-state index is 0.981. The molecule has 8 aromatic carbocycles. The van der Waals surface area contributed by atoms with Gasteiger partial charge in [-0.05, 0) is 90.0 Å². The van der Waals surface area contributed by atoms with Gasteiger partial charge in [0.05, 0.1) is 0 Å². The summed E-state index contributed by atoms with van der Waals surface area (Å²) in [5, 5.41) is 11.1. The van der Waals surface area contributed by atoms with Crippen LogP contribution in [0.1, 0.15) is 0 Å². The smallest absolute Gasteiger partial charge is 0.151 e. The summed E-state index contributed by atoms with van der Waals surface area (Å²) in [7, 11) is 0. The van der Waals surface area contributed by atoms with Crippen LogP contribution in [-0.2, 0) is 0 Å². The molecule has 0 heterocycles. The van der Waals surface area contributed by atoms with E-state index in [1.54, 1.807) is 0 Å². The monoisotopic (exact) mass is 563 g/mol. The van der Waals surface area contributed by atoms with Crippen LogP contribution in [0.5, 0.6) is 0 Å². The van der Waals surface area contributed by atoms with Crippen LogP contribution in [0.4, 0.5) is 17.1 Å². The van der Waals surface area contributed by atoms with Crippen LogP contribution in [0.15, 0.2) is 164 Å². The summed E-state index contributed by atoms with van der Waals surface area (Å²) >= 11 is 0. The highest BCUT2D eigenvalue weighted by Crippen LogP contribution is 2.44. The number of hydrogen-bond acceptors (Lipinski definition) is 1. The van der Waals surface area contributed by atoms with Gasteiger partial charge in [-0.2, -0.15) is 0 Å². The molecule has 0 aliphatic rings. The van der Waals surface area contributed by atoms with Crippen molar-refractivity contribution < 1.29 is 5.73 Å². The second-order valence-corrected chi connectivity index (χ2v) is 11.3. The largest absolute Gasteiger partial charge is 0.351 e. The molecule has 0 atom stereocenters. The summed E-state index contributed by atoms with van der Waals surface area (Å²) in [6.45, 7) is 0. The number of nitrogens with one attached hydrogen (secondary N) is 1. The lowest BCUT2D eigenvalue weighted by Crippen LogP contribution is -2.40. The SMILES string of the molecule is [NH3+]c1ccccc1Nc1ccc(-c2c3ccccc3c(-c3ccc(-c4ccc5ccccc5c4)cc3)c3ccccc23)cc1. The van der Waals surface area contributed by atoms with Gasteiger partial charge in [0.25, 0.3) is 0 Å². The third-order valence-corrected chi connectivity index (χ3v) is 8.66. The Morgan fingerprint density at radius 1 is 0.364 bits per heavy atom. The van der Waals surface area contributed by atoms with Crippen LogP contribution in [-0.4, -0.2) is 0 Å². The Hall–Kier alpha value is -5.70. The van der Waals surface area contributed by atoms with Crippen molar-refractivity contribution in [1.29, 1.82) is 0 Å². The highest BCUT2D eigenvalue weighted by atomic mass is 14.9. The molecule has 0 radical (unpaired) electrons. The van der Waals surface area contributed by atoms with Crippen LogP contribution in [0.25, 0.3) is 65.7 Å². The van der Waals surface area contributed by atoms with E-state index in [9.17, 15) is 0 Å². The van der Waals surface area contributed by atoms with Gasteiger partial charge < -0.3 is 11.1 Å². The van der Waals surface area contributed by atoms with E-state index in [1.165, 1.54) is 65.7 Å². The van der Waals surface area contributed by atoms with Crippen molar-refractivity contribution in [3.63, 3.8) is 0 Å². The first-order chi connectivity index (χ1) is 21.7. The molecule has 0 aromatic heterocycles. The number of hydrogen-bond donors (Lipinski definition) is 2. The minimum absolute atomic E-state index is 0.981. The Balaban J connectivity index is 1.23. The van der Waals surface area contributed by atoms with Gasteiger partial charge in [0.2, 0.25) is 0 Å². The zero-order valence-electron chi connectivity index (χ0n) is 24.3. The Morgan fingerprint density at radius 2 is 0.818 bits per heavy atom. The van der Waals surface area contributed by atoms with E-state index < -0.39 is 0 Å². The van der Waals surface area contributed by atoms with Gasteiger partial charge >= 0.3 is 0 Å². The van der Waals surface area contributed by atoms with Crippen molar-refractivity contribution in [3.05, 3.63) is 164 Å². The van der Waals surface area contributed by atoms with Crippen molar-refractivity contribution in [2.24, 2.45) is 0 Å². The molecule has 0 aliphatic carbocycles. The van der Waals surface area contributed by atoms with Crippen LogP contribution in [0, 0.1) is 0 Å². The first kappa shape index (κ1) is 26.0. The van der Waals surface area contributed by atoms with Crippen molar-refractivity contribution in [2.75, 3.05) is 5.32 Å². The standard InChI is InChI=1S/C42H30N2/c43-39-15-7-8-16-40(39)44-34-25-23-31(24-26-34)42-37-13-5-3-11-35(37)41(36-12-4-6-14-38(36)42)30-20-17-29(18-21-30)33-22-19-28-9-1-2-10-32(28)27-33/h1-27,44H,43H2/p+1. The fraction of sp³-hybridized carbons (Fsp3) is 0. The van der Waals surface area contributed by atoms with E-state index in [0.29, 0.717) is 0 Å². The zero-order chi connectivity index (χ0) is 29.5. The van der Waals surface area contributed by atoms with Gasteiger partial charge in [0.15, 0.2) is 5.69 Å². The summed E-state index contributed by atoms with van der Waals surface area (Å²) in [6.07, 6.45) is 0. The first-order valence-electron chi connectivity index (χ1n) is 15.0. The van der Waals surface area contributed by atoms with E-state index in [4.69, 9.17) is 0 Å². The Labute approximate surface area is 257 Å². The molecule has 0 spiro atoms. The fourth-order valence-corrected chi connectivity index (χ4v) is 6.47. The molecule has 0 unspecified atom stereocenters. The maximum Gasteiger partial charge on any atom is 0.151 e. The number of anilines is 2. The second-order valence-electron chi connectivity index (χ2n) is 11.3. The van der Waals surface area contributed by atoms with E-state index >= 15 is 0 Å². The van der Waals surface area contributed by atoms with E-state index in [2.05, 4.69) is 157 Å². The molecule has 0 aliphatic heterocycles. The summed E-state index contributed by atoms with van der Waals surface area (Å²) in [5.74, 6) is 0. The van der Waals surface area contributed by atoms with Crippen LogP contribution >= 0.6 is 0 Å². The normalized spacial score (nSPS) is 11.3. The molecule has 0 amide bonds. The van der Waals surface area contributed by atoms with E-state index in [1.807, 2.05) is 18.2 Å². The molecule has 44 heavy (non-hydrogen) atoms. The van der Waals surface area contributed by atoms with E-state index in [0.717, 1.165) is 17.1 Å². The molecular formula is C42H31N2+. The lowest BCUT2D eigenvalue weighted by molar-refractivity contribution is -0.253. The Bertz CT molecular complexity index is 2240. The molecule has 2 heteroatoms. The topological polar surface area (TPSA) is 39.7 Å². The molecule has 4 N–H and O–H groups in total. The van der Waals surface area contributed by atoms with E-state index in [-0.39, 0.29) is 0 Å². The Kier molecular flexibility index (Phi) is 6.40. The van der Waals surface area contributed by atoms with Crippen LogP contribution in [0.2, 0.25) is 0 Å². The molecule has 8 aromatic rings. The summed E-state index contributed by atoms with van der Waals surface area (Å²) < 4.78 is 0. The van der Waals surface area contributed by atoms with Gasteiger partial charge in [0, 0.05) is 11.8 Å². The van der Waals surface area contributed by atoms with Crippen LogP contribution in [0.3, 0.4) is 0 Å². The van der Waals surface area contributed by atoms with Crippen molar-refractivity contribution in [2.45, 2.75) is 0 Å². The number of benzene rings is 8. The number of para-hydroxylation sites is 1. The van der Waals surface area contributed by atoms with Gasteiger partial charge in [-0.1, -0.05) is 133 Å². The van der Waals surface area contributed by atoms with Gasteiger partial charge in [-0.3, -0.25) is 0 Å². The number of rotatable bonds is 5. The van der Waals surface area contributed by atoms with Crippen LogP contribution < -0.4 is 11.1 Å². The predicted molar refractivity (Wildman–Crippen MR) is 188 cm³/mol. The molecule has 0 saturated carbocycles. The Morgan fingerprint density at radius 3 is 1.41 bits per heavy atom. The molecular weight excluding hydrogens is 532 g/mol. The molecule has 2 nitrogen and oxygen atoms in total. The highest BCUT2D eigenvalue weighted by Gasteiger charge is 2.16. The predicted octanol–water partition coefficient (Wildman–Crippen LogP) is 10.8. The number of quaternary nitrogens is 1. The lowest BCUT2D eigenvalue weighted by atomic mass is 9.85. The van der Waals surface area contributed by atoms with Gasteiger partial charge in [-0.25, -0.2) is 0 Å². The molecule has 8 rings (SSSR count). The lowest BCUT2D eigenvalue weighted by Gasteiger charge is -2.18. The highest BCUT2D eigenvalue weighted by molar-refractivity contribution is 6.21. The third kappa shape index (κ3) is 4.59.